The minimum atomic E-state index is -1.03. The number of carbonyl (C=O) groups is 1. The maximum absolute atomic E-state index is 11.7. The third-order valence-electron chi connectivity index (χ3n) is 9.08. The second kappa shape index (κ2) is 11.4. The molecule has 1 aliphatic heterocycles. The molecular formula is C36H32N6O3. The Morgan fingerprint density at radius 2 is 2.04 bits per heavy atom. The predicted molar refractivity (Wildman–Crippen MR) is 172 cm³/mol. The zero-order valence-corrected chi connectivity index (χ0v) is 25.1. The number of pyridine rings is 2. The largest absolute Gasteiger partial charge is 0.436 e. The Bertz CT molecular complexity index is 2060. The van der Waals surface area contributed by atoms with Crippen LogP contribution in [0.3, 0.4) is 0 Å². The summed E-state index contributed by atoms with van der Waals surface area (Å²) in [6.45, 7) is 6.39. The van der Waals surface area contributed by atoms with E-state index in [0.717, 1.165) is 40.6 Å². The van der Waals surface area contributed by atoms with E-state index in [4.69, 9.17) is 19.4 Å². The smallest absolute Gasteiger partial charge is 0.225 e. The summed E-state index contributed by atoms with van der Waals surface area (Å²) >= 11 is 0. The van der Waals surface area contributed by atoms with Crippen LogP contribution in [0.15, 0.2) is 83.6 Å². The van der Waals surface area contributed by atoms with Crippen LogP contribution in [0.1, 0.15) is 51.8 Å². The van der Waals surface area contributed by atoms with Crippen LogP contribution in [0.25, 0.3) is 27.6 Å². The Balaban J connectivity index is 1.39. The molecule has 224 valence electrons. The van der Waals surface area contributed by atoms with Gasteiger partial charge in [0.1, 0.15) is 28.9 Å². The van der Waals surface area contributed by atoms with Crippen molar-refractivity contribution < 1.29 is 14.3 Å². The van der Waals surface area contributed by atoms with E-state index in [2.05, 4.69) is 48.3 Å². The average molecular weight is 597 g/mol. The van der Waals surface area contributed by atoms with Gasteiger partial charge in [0, 0.05) is 48.9 Å². The van der Waals surface area contributed by atoms with Gasteiger partial charge in [-0.05, 0) is 65.9 Å². The quantitative estimate of drug-likeness (QED) is 0.220. The number of fused-ring (bicyclic) bond motifs is 2. The number of likely N-dealkylation sites (tertiary alicyclic amines) is 1. The number of carbonyl (C=O) groups excluding carboxylic acids is 1. The van der Waals surface area contributed by atoms with E-state index >= 15 is 0 Å². The molecule has 0 bridgehead atoms. The highest BCUT2D eigenvalue weighted by atomic mass is 16.4. The molecule has 2 aliphatic rings. The second-order valence-corrected chi connectivity index (χ2v) is 11.9. The number of nitrogens with zero attached hydrogens (tertiary/aromatic N) is 5. The predicted octanol–water partition coefficient (Wildman–Crippen LogP) is 5.93. The first-order valence-corrected chi connectivity index (χ1v) is 15.1. The maximum Gasteiger partial charge on any atom is 0.225 e. The highest BCUT2D eigenvalue weighted by Gasteiger charge is 2.45. The molecule has 2 aromatic carbocycles. The molecule has 4 heterocycles. The molecule has 0 radical (unpaired) electrons. The molecule has 2 unspecified atom stereocenters. The molecule has 1 aliphatic carbocycles. The molecule has 3 atom stereocenters. The lowest BCUT2D eigenvalue weighted by molar-refractivity contribution is 0.112. The maximum atomic E-state index is 11.7. The number of aryl methyl sites for hydroxylation is 1. The van der Waals surface area contributed by atoms with Gasteiger partial charge in [-0.25, -0.2) is 9.97 Å². The van der Waals surface area contributed by atoms with Crippen molar-refractivity contribution in [2.45, 2.75) is 38.5 Å². The number of anilines is 1. The fraction of sp³-hybridized carbons (Fsp3) is 0.250. The number of β-amino-alcohol motifs (C(OH)–C–C–N with tert-alkyl or cyclic N) is 1. The second-order valence-electron chi connectivity index (χ2n) is 11.9. The summed E-state index contributed by atoms with van der Waals surface area (Å²) < 4.78 is 6.45. The van der Waals surface area contributed by atoms with Crippen LogP contribution in [0.4, 0.5) is 5.82 Å². The minimum absolute atomic E-state index is 0.209. The minimum Gasteiger partial charge on any atom is -0.436 e. The SMILES string of the molecule is Cc1ccccc1C1=CC=CC(Nc2nccc3c(CN4CCC(O)C4)ccnc23)(c2nc3cc(C=O)cc(C#N)c3o2)[C@H]1C. The summed E-state index contributed by atoms with van der Waals surface area (Å²) in [4.78, 5) is 28.3. The van der Waals surface area contributed by atoms with Gasteiger partial charge in [-0.1, -0.05) is 43.3 Å². The number of aromatic nitrogens is 3. The third kappa shape index (κ3) is 4.98. The molecule has 3 aromatic heterocycles. The summed E-state index contributed by atoms with van der Waals surface area (Å²) in [6, 6.07) is 17.5. The summed E-state index contributed by atoms with van der Waals surface area (Å²) in [5.41, 5.74) is 5.46. The molecule has 0 saturated carbocycles. The Morgan fingerprint density at radius 3 is 2.82 bits per heavy atom. The van der Waals surface area contributed by atoms with Gasteiger partial charge in [-0.2, -0.15) is 5.26 Å². The molecule has 45 heavy (non-hydrogen) atoms. The van der Waals surface area contributed by atoms with E-state index in [1.165, 1.54) is 6.07 Å². The van der Waals surface area contributed by atoms with Crippen LogP contribution in [0.5, 0.6) is 0 Å². The average Bonchev–Trinajstić information content (AvgIpc) is 3.68. The number of benzene rings is 2. The zero-order chi connectivity index (χ0) is 31.1. The first kappa shape index (κ1) is 28.6. The lowest BCUT2D eigenvalue weighted by Crippen LogP contribution is -2.42. The van der Waals surface area contributed by atoms with Crippen molar-refractivity contribution in [1.29, 1.82) is 5.26 Å². The highest BCUT2D eigenvalue weighted by Crippen LogP contribution is 2.46. The Labute approximate surface area is 260 Å². The van der Waals surface area contributed by atoms with Gasteiger partial charge >= 0.3 is 0 Å². The Kier molecular flexibility index (Phi) is 7.24. The van der Waals surface area contributed by atoms with Crippen molar-refractivity contribution in [3.05, 3.63) is 113 Å². The summed E-state index contributed by atoms with van der Waals surface area (Å²) in [6.07, 6.45) is 10.9. The van der Waals surface area contributed by atoms with E-state index in [1.807, 2.05) is 36.4 Å². The fourth-order valence-electron chi connectivity index (χ4n) is 6.66. The monoisotopic (exact) mass is 596 g/mol. The molecule has 9 heteroatoms. The van der Waals surface area contributed by atoms with E-state index in [9.17, 15) is 15.2 Å². The zero-order valence-electron chi connectivity index (χ0n) is 25.1. The van der Waals surface area contributed by atoms with Crippen LogP contribution in [0.2, 0.25) is 0 Å². The number of oxazole rings is 1. The Hall–Kier alpha value is -5.17. The number of allylic oxidation sites excluding steroid dienone is 2. The van der Waals surface area contributed by atoms with E-state index in [-0.39, 0.29) is 17.6 Å². The van der Waals surface area contributed by atoms with Crippen LogP contribution in [-0.2, 0) is 12.1 Å². The number of aldehydes is 1. The van der Waals surface area contributed by atoms with Crippen molar-refractivity contribution in [2.75, 3.05) is 18.4 Å². The van der Waals surface area contributed by atoms with Gasteiger partial charge in [-0.15, -0.1) is 0 Å². The van der Waals surface area contributed by atoms with Crippen LogP contribution in [0, 0.1) is 24.2 Å². The van der Waals surface area contributed by atoms with Crippen molar-refractivity contribution >= 4 is 39.7 Å². The number of hydrogen-bond acceptors (Lipinski definition) is 9. The number of aliphatic hydroxyl groups excluding tert-OH is 1. The summed E-state index contributed by atoms with van der Waals surface area (Å²) in [7, 11) is 0. The molecular weight excluding hydrogens is 564 g/mol. The number of aliphatic hydroxyl groups is 1. The topological polar surface area (TPSA) is 128 Å². The lowest BCUT2D eigenvalue weighted by Gasteiger charge is -2.39. The van der Waals surface area contributed by atoms with Crippen molar-refractivity contribution in [3.8, 4) is 6.07 Å². The summed E-state index contributed by atoms with van der Waals surface area (Å²) in [5.74, 6) is 0.703. The number of nitrogens with one attached hydrogen (secondary N) is 1. The molecule has 7 rings (SSSR count). The number of hydrogen-bond donors (Lipinski definition) is 2. The molecule has 0 spiro atoms. The highest BCUT2D eigenvalue weighted by molar-refractivity contribution is 5.92. The standard InChI is InChI=1S/C36H32N6O3/c1-22-6-3-4-7-28(22)29-8-5-12-36(23(29)2,35-40-31-17-24(21-43)16-26(18-37)33(31)45-35)41-34-32-30(10-14-39-34)25(9-13-38-32)19-42-15-11-27(44)20-42/h3-10,12-14,16-17,21,23,27,44H,11,15,19-20H2,1-2H3,(H,39,41)/t23-,27?,36?/m0/s1. The van der Waals surface area contributed by atoms with Crippen LogP contribution in [-0.4, -0.2) is 50.4 Å². The lowest BCUT2D eigenvalue weighted by atomic mass is 9.73. The molecule has 5 aromatic rings. The number of rotatable bonds is 7. The molecule has 9 nitrogen and oxygen atoms in total. The van der Waals surface area contributed by atoms with Crippen molar-refractivity contribution in [1.82, 2.24) is 19.9 Å². The summed E-state index contributed by atoms with van der Waals surface area (Å²) in [5, 5.41) is 24.6. The van der Waals surface area contributed by atoms with Crippen LogP contribution < -0.4 is 5.32 Å². The van der Waals surface area contributed by atoms with Gasteiger partial charge in [-0.3, -0.25) is 14.7 Å². The normalized spacial score (nSPS) is 21.6. The number of nitriles is 1. The fourth-order valence-corrected chi connectivity index (χ4v) is 6.66. The third-order valence-corrected chi connectivity index (χ3v) is 9.08. The first-order chi connectivity index (χ1) is 21.9. The van der Waals surface area contributed by atoms with Gasteiger partial charge in [0.2, 0.25) is 5.89 Å². The van der Waals surface area contributed by atoms with Gasteiger partial charge in [0.05, 0.1) is 11.7 Å². The molecule has 1 fully saturated rings. The van der Waals surface area contributed by atoms with Crippen LogP contribution >= 0.6 is 0 Å². The van der Waals surface area contributed by atoms with Gasteiger partial charge < -0.3 is 14.8 Å². The Morgan fingerprint density at radius 1 is 1.20 bits per heavy atom. The van der Waals surface area contributed by atoms with Crippen molar-refractivity contribution in [2.24, 2.45) is 5.92 Å². The van der Waals surface area contributed by atoms with E-state index in [0.29, 0.717) is 53.3 Å². The first-order valence-electron chi connectivity index (χ1n) is 15.1. The van der Waals surface area contributed by atoms with Gasteiger partial charge in [0.15, 0.2) is 11.4 Å². The molecule has 1 saturated heterocycles. The molecule has 0 amide bonds. The van der Waals surface area contributed by atoms with Crippen molar-refractivity contribution in [3.63, 3.8) is 0 Å². The van der Waals surface area contributed by atoms with Gasteiger partial charge in [0.25, 0.3) is 0 Å². The molecule has 2 N–H and O–H groups in total. The van der Waals surface area contributed by atoms with E-state index in [1.54, 1.807) is 18.5 Å². The van der Waals surface area contributed by atoms with E-state index < -0.39 is 5.54 Å².